The summed E-state index contributed by atoms with van der Waals surface area (Å²) in [7, 11) is 0. The van der Waals surface area contributed by atoms with E-state index in [1.165, 1.54) is 22.6 Å². The second kappa shape index (κ2) is 4.11. The van der Waals surface area contributed by atoms with Crippen molar-refractivity contribution in [2.45, 2.75) is 6.43 Å². The Kier molecular flexibility index (Phi) is 3.29. The predicted molar refractivity (Wildman–Crippen MR) is 50.4 cm³/mol. The molecule has 76 valence electrons. The zero-order valence-corrected chi connectivity index (χ0v) is 8.76. The maximum absolute atomic E-state index is 12.7. The molecule has 0 spiro atoms. The molecular formula is C7H4F3IN2O. The first-order valence-corrected chi connectivity index (χ1v) is 4.45. The third-order valence-corrected chi connectivity index (χ3v) is 2.56. The molecule has 1 aromatic heterocycles. The van der Waals surface area contributed by atoms with Crippen molar-refractivity contribution in [1.29, 1.82) is 0 Å². The molecule has 0 atom stereocenters. The highest BCUT2D eigenvalue weighted by molar-refractivity contribution is 14.1. The van der Waals surface area contributed by atoms with Crippen molar-refractivity contribution in [3.63, 3.8) is 0 Å². The van der Waals surface area contributed by atoms with Gasteiger partial charge in [0.25, 0.3) is 6.43 Å². The molecule has 14 heavy (non-hydrogen) atoms. The summed E-state index contributed by atoms with van der Waals surface area (Å²) in [5.41, 5.74) is 3.82. The fraction of sp³-hybridized carbons (Fsp3) is 0.143. The third kappa shape index (κ3) is 2.14. The summed E-state index contributed by atoms with van der Waals surface area (Å²) in [5, 5.41) is 0. The lowest BCUT2D eigenvalue weighted by Crippen LogP contribution is -2.15. The van der Waals surface area contributed by atoms with Crippen LogP contribution in [0.25, 0.3) is 0 Å². The van der Waals surface area contributed by atoms with Crippen molar-refractivity contribution >= 4 is 28.5 Å². The van der Waals surface area contributed by atoms with Gasteiger partial charge in [-0.3, -0.25) is 4.79 Å². The maximum Gasteiger partial charge on any atom is 0.281 e. The van der Waals surface area contributed by atoms with Crippen molar-refractivity contribution < 1.29 is 18.0 Å². The van der Waals surface area contributed by atoms with E-state index in [0.29, 0.717) is 0 Å². The molecule has 0 bridgehead atoms. The number of pyridine rings is 1. The van der Waals surface area contributed by atoms with Crippen molar-refractivity contribution in [3.05, 3.63) is 26.8 Å². The van der Waals surface area contributed by atoms with E-state index in [0.717, 1.165) is 6.07 Å². The molecule has 3 nitrogen and oxygen atoms in total. The molecule has 1 rings (SSSR count). The first kappa shape index (κ1) is 11.2. The third-order valence-electron chi connectivity index (χ3n) is 1.42. The van der Waals surface area contributed by atoms with Crippen LogP contribution in [0.2, 0.25) is 0 Å². The summed E-state index contributed by atoms with van der Waals surface area (Å²) in [6.07, 6.45) is -2.93. The van der Waals surface area contributed by atoms with E-state index in [-0.39, 0.29) is 9.13 Å². The van der Waals surface area contributed by atoms with E-state index in [4.69, 9.17) is 5.73 Å². The smallest absolute Gasteiger partial charge is 0.281 e. The number of alkyl halides is 2. The standard InChI is InChI=1S/C7H4F3IN2O/c8-3-1-2(7(12)14)4(11)5(13-3)6(9)10/h1,6H,(H2,12,14). The highest BCUT2D eigenvalue weighted by atomic mass is 127. The normalized spacial score (nSPS) is 10.6. The SMILES string of the molecule is NC(=O)c1cc(F)nc(C(F)F)c1I. The lowest BCUT2D eigenvalue weighted by Gasteiger charge is -2.05. The molecule has 1 heterocycles. The number of rotatable bonds is 2. The first-order chi connectivity index (χ1) is 6.43. The van der Waals surface area contributed by atoms with Crippen LogP contribution in [0.4, 0.5) is 13.2 Å². The lowest BCUT2D eigenvalue weighted by molar-refractivity contribution is 0.0997. The molecule has 0 aliphatic heterocycles. The van der Waals surface area contributed by atoms with Crippen LogP contribution >= 0.6 is 22.6 Å². The average molecular weight is 316 g/mol. The summed E-state index contributed by atoms with van der Waals surface area (Å²) in [6, 6.07) is 0.732. The maximum atomic E-state index is 12.7. The second-order valence-electron chi connectivity index (χ2n) is 2.36. The Hall–Kier alpha value is -0.860. The van der Waals surface area contributed by atoms with Crippen LogP contribution < -0.4 is 5.73 Å². The van der Waals surface area contributed by atoms with Gasteiger partial charge in [0.2, 0.25) is 11.9 Å². The molecule has 1 aromatic rings. The Bertz CT molecular complexity index is 383. The Morgan fingerprint density at radius 3 is 2.57 bits per heavy atom. The van der Waals surface area contributed by atoms with Crippen molar-refractivity contribution in [3.8, 4) is 0 Å². The number of carbonyl (C=O) groups excluding carboxylic acids is 1. The van der Waals surface area contributed by atoms with Gasteiger partial charge in [-0.1, -0.05) is 0 Å². The van der Waals surface area contributed by atoms with Gasteiger partial charge in [0.15, 0.2) is 0 Å². The molecule has 0 saturated heterocycles. The van der Waals surface area contributed by atoms with Gasteiger partial charge >= 0.3 is 0 Å². The largest absolute Gasteiger partial charge is 0.366 e. The predicted octanol–water partition coefficient (Wildman–Crippen LogP) is 1.86. The Labute approximate surface area is 90.6 Å². The first-order valence-electron chi connectivity index (χ1n) is 3.37. The summed E-state index contributed by atoms with van der Waals surface area (Å²) in [5.74, 6) is -2.10. The van der Waals surface area contributed by atoms with Gasteiger partial charge in [-0.2, -0.15) is 4.39 Å². The van der Waals surface area contributed by atoms with E-state index < -0.39 is 24.0 Å². The Morgan fingerprint density at radius 1 is 1.57 bits per heavy atom. The number of hydrogen-bond acceptors (Lipinski definition) is 2. The second-order valence-corrected chi connectivity index (χ2v) is 3.44. The molecular weight excluding hydrogens is 312 g/mol. The summed E-state index contributed by atoms with van der Waals surface area (Å²) < 4.78 is 37.1. The van der Waals surface area contributed by atoms with Gasteiger partial charge in [-0.15, -0.1) is 0 Å². The Morgan fingerprint density at radius 2 is 2.14 bits per heavy atom. The average Bonchev–Trinajstić information content (AvgIpc) is 2.07. The van der Waals surface area contributed by atoms with Gasteiger partial charge in [0.1, 0.15) is 5.69 Å². The fourth-order valence-corrected chi connectivity index (χ4v) is 1.62. The number of amides is 1. The number of primary amides is 1. The zero-order valence-electron chi connectivity index (χ0n) is 6.60. The molecule has 0 radical (unpaired) electrons. The molecule has 7 heteroatoms. The van der Waals surface area contributed by atoms with Gasteiger partial charge in [0, 0.05) is 6.07 Å². The van der Waals surface area contributed by atoms with Crippen molar-refractivity contribution in [2.75, 3.05) is 0 Å². The lowest BCUT2D eigenvalue weighted by atomic mass is 10.2. The van der Waals surface area contributed by atoms with Gasteiger partial charge in [-0.05, 0) is 22.6 Å². The van der Waals surface area contributed by atoms with Crippen LogP contribution in [0.1, 0.15) is 22.5 Å². The van der Waals surface area contributed by atoms with Crippen LogP contribution in [-0.2, 0) is 0 Å². The molecule has 2 N–H and O–H groups in total. The minimum Gasteiger partial charge on any atom is -0.366 e. The number of hydrogen-bond donors (Lipinski definition) is 1. The van der Waals surface area contributed by atoms with Crippen LogP contribution in [0.5, 0.6) is 0 Å². The Balaban J connectivity index is 3.40. The number of halogens is 4. The quantitative estimate of drug-likeness (QED) is 0.669. The fourth-order valence-electron chi connectivity index (χ4n) is 0.841. The van der Waals surface area contributed by atoms with Crippen LogP contribution in [0.15, 0.2) is 6.07 Å². The van der Waals surface area contributed by atoms with Crippen LogP contribution in [0.3, 0.4) is 0 Å². The van der Waals surface area contributed by atoms with E-state index in [9.17, 15) is 18.0 Å². The summed E-state index contributed by atoms with van der Waals surface area (Å²) in [4.78, 5) is 13.7. The zero-order chi connectivity index (χ0) is 10.9. The minimum atomic E-state index is -2.93. The van der Waals surface area contributed by atoms with Crippen LogP contribution in [-0.4, -0.2) is 10.9 Å². The van der Waals surface area contributed by atoms with Crippen molar-refractivity contribution in [2.24, 2.45) is 5.73 Å². The van der Waals surface area contributed by atoms with E-state index in [2.05, 4.69) is 4.98 Å². The number of nitrogens with two attached hydrogens (primary N) is 1. The van der Waals surface area contributed by atoms with Gasteiger partial charge in [-0.25, -0.2) is 13.8 Å². The van der Waals surface area contributed by atoms with Gasteiger partial charge < -0.3 is 5.73 Å². The van der Waals surface area contributed by atoms with E-state index in [1.54, 1.807) is 0 Å². The monoisotopic (exact) mass is 316 g/mol. The number of carbonyl (C=O) groups is 1. The minimum absolute atomic E-state index is 0.119. The summed E-state index contributed by atoms with van der Waals surface area (Å²) in [6.45, 7) is 0. The number of aromatic nitrogens is 1. The molecule has 1 amide bonds. The van der Waals surface area contributed by atoms with E-state index in [1.807, 2.05) is 0 Å². The molecule has 0 unspecified atom stereocenters. The molecule has 0 fully saturated rings. The number of nitrogens with zero attached hydrogens (tertiary/aromatic N) is 1. The highest BCUT2D eigenvalue weighted by Gasteiger charge is 2.20. The topological polar surface area (TPSA) is 56.0 Å². The molecule has 0 saturated carbocycles. The molecule has 0 aliphatic carbocycles. The van der Waals surface area contributed by atoms with Crippen molar-refractivity contribution in [1.82, 2.24) is 4.98 Å². The molecule has 0 aliphatic rings. The van der Waals surface area contributed by atoms with Gasteiger partial charge in [0.05, 0.1) is 9.13 Å². The highest BCUT2D eigenvalue weighted by Crippen LogP contribution is 2.25. The van der Waals surface area contributed by atoms with Crippen LogP contribution in [0, 0.1) is 9.52 Å². The molecule has 0 aromatic carbocycles. The summed E-state index contributed by atoms with van der Waals surface area (Å²) >= 11 is 1.48. The van der Waals surface area contributed by atoms with E-state index >= 15 is 0 Å².